The Balaban J connectivity index is 1.59. The van der Waals surface area contributed by atoms with Crippen LogP contribution < -0.4 is 16.6 Å². The fourth-order valence-corrected chi connectivity index (χ4v) is 4.47. The molecule has 0 radical (unpaired) electrons. The van der Waals surface area contributed by atoms with Crippen LogP contribution in [0.4, 0.5) is 11.8 Å². The number of fused-ring (bicyclic) bond motifs is 1. The third kappa shape index (κ3) is 4.91. The number of benzene rings is 1. The van der Waals surface area contributed by atoms with Crippen molar-refractivity contribution in [2.24, 2.45) is 0 Å². The number of piperidine rings is 1. The minimum Gasteiger partial charge on any atom is -0.368 e. The molecule has 0 spiro atoms. The summed E-state index contributed by atoms with van der Waals surface area (Å²) in [6.45, 7) is 6.88. The molecule has 4 rings (SSSR count). The molecule has 8 heteroatoms. The number of aromatic nitrogens is 4. The molecular formula is C24H33N7O. The Morgan fingerprint density at radius 2 is 1.91 bits per heavy atom. The summed E-state index contributed by atoms with van der Waals surface area (Å²) in [6, 6.07) is 8.77. The van der Waals surface area contributed by atoms with Crippen molar-refractivity contribution in [3.63, 3.8) is 0 Å². The van der Waals surface area contributed by atoms with Gasteiger partial charge in [-0.15, -0.1) is 0 Å². The predicted molar refractivity (Wildman–Crippen MR) is 129 cm³/mol. The molecule has 0 amide bonds. The zero-order chi connectivity index (χ0) is 22.7. The SMILES string of the molecule is CCC[C@@H](C)Nc1nc(N)nc2cnn(Cc3ccc(C4CCN(C)CC4)cc3)c(=O)c12. The molecule has 3 heterocycles. The summed E-state index contributed by atoms with van der Waals surface area (Å²) in [4.78, 5) is 24.2. The van der Waals surface area contributed by atoms with Gasteiger partial charge in [0.25, 0.3) is 5.56 Å². The molecule has 1 aliphatic heterocycles. The third-order valence-electron chi connectivity index (χ3n) is 6.33. The summed E-state index contributed by atoms with van der Waals surface area (Å²) in [5, 5.41) is 8.11. The van der Waals surface area contributed by atoms with E-state index in [1.165, 1.54) is 23.1 Å². The van der Waals surface area contributed by atoms with Gasteiger partial charge < -0.3 is 16.0 Å². The normalized spacial score (nSPS) is 16.3. The van der Waals surface area contributed by atoms with Gasteiger partial charge in [0.1, 0.15) is 16.7 Å². The molecule has 1 atom stereocenters. The van der Waals surface area contributed by atoms with E-state index >= 15 is 0 Å². The van der Waals surface area contributed by atoms with E-state index in [-0.39, 0.29) is 17.5 Å². The molecule has 0 saturated carbocycles. The lowest BCUT2D eigenvalue weighted by Crippen LogP contribution is -2.29. The fourth-order valence-electron chi connectivity index (χ4n) is 4.47. The lowest BCUT2D eigenvalue weighted by Gasteiger charge is -2.29. The molecule has 3 aromatic rings. The van der Waals surface area contributed by atoms with Gasteiger partial charge in [0.05, 0.1) is 12.7 Å². The highest BCUT2D eigenvalue weighted by atomic mass is 16.1. The zero-order valence-electron chi connectivity index (χ0n) is 19.2. The molecule has 0 bridgehead atoms. The highest BCUT2D eigenvalue weighted by Crippen LogP contribution is 2.27. The molecule has 0 aliphatic carbocycles. The first kappa shape index (κ1) is 22.2. The number of nitrogens with two attached hydrogens (primary N) is 1. The van der Waals surface area contributed by atoms with Gasteiger partial charge in [-0.3, -0.25) is 4.79 Å². The van der Waals surface area contributed by atoms with E-state index in [1.54, 1.807) is 6.20 Å². The molecule has 170 valence electrons. The van der Waals surface area contributed by atoms with Crippen LogP contribution >= 0.6 is 0 Å². The first-order chi connectivity index (χ1) is 15.4. The Bertz CT molecular complexity index is 1120. The average molecular weight is 436 g/mol. The second kappa shape index (κ2) is 9.65. The molecule has 0 unspecified atom stereocenters. The summed E-state index contributed by atoms with van der Waals surface area (Å²) in [7, 11) is 2.18. The van der Waals surface area contributed by atoms with Crippen molar-refractivity contribution >= 4 is 22.7 Å². The van der Waals surface area contributed by atoms with Crippen LogP contribution in [-0.2, 0) is 6.54 Å². The quantitative estimate of drug-likeness (QED) is 0.587. The lowest BCUT2D eigenvalue weighted by molar-refractivity contribution is 0.255. The lowest BCUT2D eigenvalue weighted by atomic mass is 9.89. The van der Waals surface area contributed by atoms with E-state index in [4.69, 9.17) is 5.73 Å². The second-order valence-corrected chi connectivity index (χ2v) is 8.95. The number of hydrogen-bond donors (Lipinski definition) is 2. The number of hydrogen-bond acceptors (Lipinski definition) is 7. The van der Waals surface area contributed by atoms with Gasteiger partial charge in [-0.2, -0.15) is 10.1 Å². The average Bonchev–Trinajstić information content (AvgIpc) is 2.77. The van der Waals surface area contributed by atoms with Crippen LogP contribution in [0.15, 0.2) is 35.3 Å². The number of anilines is 2. The van der Waals surface area contributed by atoms with Crippen molar-refractivity contribution in [2.75, 3.05) is 31.2 Å². The van der Waals surface area contributed by atoms with Crippen molar-refractivity contribution in [2.45, 2.75) is 58.0 Å². The first-order valence-corrected chi connectivity index (χ1v) is 11.5. The zero-order valence-corrected chi connectivity index (χ0v) is 19.2. The first-order valence-electron chi connectivity index (χ1n) is 11.5. The van der Waals surface area contributed by atoms with Gasteiger partial charge in [-0.1, -0.05) is 37.6 Å². The summed E-state index contributed by atoms with van der Waals surface area (Å²) in [5.41, 5.74) is 8.53. The van der Waals surface area contributed by atoms with Crippen molar-refractivity contribution in [3.05, 3.63) is 51.9 Å². The summed E-state index contributed by atoms with van der Waals surface area (Å²) in [5.74, 6) is 1.22. The smallest absolute Gasteiger partial charge is 0.280 e. The van der Waals surface area contributed by atoms with Gasteiger partial charge in [-0.05, 0) is 63.4 Å². The number of nitrogen functional groups attached to an aromatic ring is 1. The summed E-state index contributed by atoms with van der Waals surface area (Å²) >= 11 is 0. The van der Waals surface area contributed by atoms with Gasteiger partial charge in [0.2, 0.25) is 5.95 Å². The Kier molecular flexibility index (Phi) is 6.69. The van der Waals surface area contributed by atoms with E-state index in [0.29, 0.717) is 29.2 Å². The summed E-state index contributed by atoms with van der Waals surface area (Å²) in [6.07, 6.45) is 5.98. The topological polar surface area (TPSA) is 102 Å². The van der Waals surface area contributed by atoms with Crippen LogP contribution in [-0.4, -0.2) is 50.8 Å². The van der Waals surface area contributed by atoms with Crippen LogP contribution in [0.25, 0.3) is 10.9 Å². The molecule has 2 aromatic heterocycles. The Morgan fingerprint density at radius 1 is 1.19 bits per heavy atom. The molecule has 1 saturated heterocycles. The van der Waals surface area contributed by atoms with Gasteiger partial charge in [0, 0.05) is 6.04 Å². The molecule has 1 aliphatic rings. The van der Waals surface area contributed by atoms with Crippen LogP contribution in [0.5, 0.6) is 0 Å². The second-order valence-electron chi connectivity index (χ2n) is 8.95. The number of nitrogens with one attached hydrogen (secondary N) is 1. The van der Waals surface area contributed by atoms with Crippen molar-refractivity contribution in [1.29, 1.82) is 0 Å². The molecule has 3 N–H and O–H groups in total. The van der Waals surface area contributed by atoms with Crippen molar-refractivity contribution in [1.82, 2.24) is 24.6 Å². The maximum absolute atomic E-state index is 13.3. The number of nitrogens with zero attached hydrogens (tertiary/aromatic N) is 5. The standard InChI is InChI=1S/C24H33N7O/c1-4-5-16(2)27-22-21-20(28-24(25)29-22)14-26-31(23(21)32)15-17-6-8-18(9-7-17)19-10-12-30(3)13-11-19/h6-9,14,16,19H,4-5,10-13,15H2,1-3H3,(H3,25,27,28,29)/t16-/m1/s1. The molecule has 1 fully saturated rings. The Hall–Kier alpha value is -3.00. The van der Waals surface area contributed by atoms with Crippen LogP contribution in [0.3, 0.4) is 0 Å². The van der Waals surface area contributed by atoms with E-state index in [1.807, 2.05) is 0 Å². The summed E-state index contributed by atoms with van der Waals surface area (Å²) < 4.78 is 1.47. The van der Waals surface area contributed by atoms with Crippen LogP contribution in [0, 0.1) is 0 Å². The van der Waals surface area contributed by atoms with Gasteiger partial charge in [-0.25, -0.2) is 9.67 Å². The van der Waals surface area contributed by atoms with Crippen LogP contribution in [0.1, 0.15) is 56.6 Å². The Morgan fingerprint density at radius 3 is 2.59 bits per heavy atom. The molecule has 32 heavy (non-hydrogen) atoms. The largest absolute Gasteiger partial charge is 0.368 e. The van der Waals surface area contributed by atoms with E-state index < -0.39 is 0 Å². The molecule has 8 nitrogen and oxygen atoms in total. The number of likely N-dealkylation sites (tertiary alicyclic amines) is 1. The van der Waals surface area contributed by atoms with E-state index in [9.17, 15) is 4.79 Å². The minimum absolute atomic E-state index is 0.132. The highest BCUT2D eigenvalue weighted by Gasteiger charge is 2.19. The third-order valence-corrected chi connectivity index (χ3v) is 6.33. The van der Waals surface area contributed by atoms with Crippen molar-refractivity contribution < 1.29 is 0 Å². The van der Waals surface area contributed by atoms with E-state index in [0.717, 1.165) is 31.5 Å². The van der Waals surface area contributed by atoms with Gasteiger partial charge >= 0.3 is 0 Å². The Labute approximate surface area is 188 Å². The molecular weight excluding hydrogens is 402 g/mol. The van der Waals surface area contributed by atoms with Crippen molar-refractivity contribution in [3.8, 4) is 0 Å². The van der Waals surface area contributed by atoms with E-state index in [2.05, 4.69) is 70.4 Å². The minimum atomic E-state index is -0.215. The molecule has 1 aromatic carbocycles. The monoisotopic (exact) mass is 435 g/mol. The maximum atomic E-state index is 13.3. The fraction of sp³-hybridized carbons (Fsp3) is 0.500. The maximum Gasteiger partial charge on any atom is 0.280 e. The van der Waals surface area contributed by atoms with Gasteiger partial charge in [0.15, 0.2) is 0 Å². The highest BCUT2D eigenvalue weighted by molar-refractivity contribution is 5.88. The van der Waals surface area contributed by atoms with Crippen LogP contribution in [0.2, 0.25) is 0 Å². The number of rotatable bonds is 7. The predicted octanol–water partition coefficient (Wildman–Crippen LogP) is 3.23.